The Morgan fingerprint density at radius 3 is 1.70 bits per heavy atom. The lowest BCUT2D eigenvalue weighted by Gasteiger charge is -2.03. The van der Waals surface area contributed by atoms with E-state index in [0.717, 1.165) is 12.8 Å². The molecule has 0 N–H and O–H groups in total. The third-order valence-corrected chi connectivity index (χ3v) is 5.70. The van der Waals surface area contributed by atoms with Gasteiger partial charge in [-0.05, 0) is 57.4 Å². The predicted molar refractivity (Wildman–Crippen MR) is 114 cm³/mol. The molecule has 3 aromatic rings. The molecule has 6 rings (SSSR count). The van der Waals surface area contributed by atoms with E-state index in [1.807, 2.05) is 6.08 Å². The van der Waals surface area contributed by atoms with Crippen LogP contribution in [0.5, 0.6) is 0 Å². The van der Waals surface area contributed by atoms with Crippen LogP contribution in [-0.2, 0) is 12.8 Å². The average Bonchev–Trinajstić information content (AvgIpc) is 3.39. The first-order valence-corrected chi connectivity index (χ1v) is 9.50. The molecule has 0 amide bonds. The molecule has 3 aliphatic rings. The molecular formula is C27H21. The Bertz CT molecular complexity index is 1050. The lowest BCUT2D eigenvalue weighted by molar-refractivity contribution is 1.17. The maximum atomic E-state index is 3.84. The lowest BCUT2D eigenvalue weighted by Crippen LogP contribution is -1.92. The van der Waals surface area contributed by atoms with Crippen molar-refractivity contribution in [3.8, 4) is 11.1 Å². The van der Waals surface area contributed by atoms with Crippen molar-refractivity contribution in [1.82, 2.24) is 0 Å². The van der Waals surface area contributed by atoms with Gasteiger partial charge in [-0.15, -0.1) is 6.58 Å². The summed E-state index contributed by atoms with van der Waals surface area (Å²) < 4.78 is 0. The molecular weight excluding hydrogens is 324 g/mol. The minimum atomic E-state index is 1.07. The monoisotopic (exact) mass is 345 g/mol. The van der Waals surface area contributed by atoms with Gasteiger partial charge in [0.15, 0.2) is 0 Å². The van der Waals surface area contributed by atoms with E-state index in [1.165, 1.54) is 50.4 Å². The quantitative estimate of drug-likeness (QED) is 0.365. The van der Waals surface area contributed by atoms with Crippen LogP contribution in [0.1, 0.15) is 22.3 Å². The average molecular weight is 345 g/mol. The van der Waals surface area contributed by atoms with E-state index < -0.39 is 0 Å². The predicted octanol–water partition coefficient (Wildman–Crippen LogP) is 6.58. The zero-order valence-corrected chi connectivity index (χ0v) is 15.3. The minimum Gasteiger partial charge on any atom is -0.102 e. The number of hydrogen-bond donors (Lipinski definition) is 0. The van der Waals surface area contributed by atoms with Crippen LogP contribution in [0.15, 0.2) is 103 Å². The van der Waals surface area contributed by atoms with Gasteiger partial charge in [0.25, 0.3) is 0 Å². The third-order valence-electron chi connectivity index (χ3n) is 5.70. The van der Waals surface area contributed by atoms with Gasteiger partial charge in [0, 0.05) is 5.92 Å². The topological polar surface area (TPSA) is 0 Å². The summed E-state index contributed by atoms with van der Waals surface area (Å²) in [6.07, 6.45) is 8.49. The SMILES string of the molecule is C=C[C]1C=CC2=C1Cc1ccccc12.c1ccc2c(c1)Cc1ccccc1-2. The second-order valence-electron chi connectivity index (χ2n) is 7.21. The summed E-state index contributed by atoms with van der Waals surface area (Å²) in [6.45, 7) is 3.84. The molecule has 3 aromatic carbocycles. The summed E-state index contributed by atoms with van der Waals surface area (Å²) in [5, 5.41) is 0. The van der Waals surface area contributed by atoms with Crippen LogP contribution >= 0.6 is 0 Å². The molecule has 0 heterocycles. The van der Waals surface area contributed by atoms with Crippen LogP contribution in [0.2, 0.25) is 0 Å². The van der Waals surface area contributed by atoms with Crippen molar-refractivity contribution in [2.45, 2.75) is 12.8 Å². The fourth-order valence-corrected chi connectivity index (χ4v) is 4.38. The summed E-state index contributed by atoms with van der Waals surface area (Å²) in [6, 6.07) is 25.9. The second-order valence-corrected chi connectivity index (χ2v) is 7.21. The molecule has 0 nitrogen and oxygen atoms in total. The van der Waals surface area contributed by atoms with Gasteiger partial charge < -0.3 is 0 Å². The van der Waals surface area contributed by atoms with Gasteiger partial charge in [-0.3, -0.25) is 0 Å². The molecule has 0 spiro atoms. The van der Waals surface area contributed by atoms with Gasteiger partial charge in [0.05, 0.1) is 0 Å². The van der Waals surface area contributed by atoms with Gasteiger partial charge in [0.2, 0.25) is 0 Å². The molecule has 0 atom stereocenters. The molecule has 0 aromatic heterocycles. The Balaban J connectivity index is 0.000000119. The molecule has 0 aliphatic heterocycles. The zero-order valence-electron chi connectivity index (χ0n) is 15.3. The van der Waals surface area contributed by atoms with E-state index in [9.17, 15) is 0 Å². The van der Waals surface area contributed by atoms with Gasteiger partial charge in [-0.25, -0.2) is 0 Å². The summed E-state index contributed by atoms with van der Waals surface area (Å²) in [4.78, 5) is 0. The molecule has 27 heavy (non-hydrogen) atoms. The highest BCUT2D eigenvalue weighted by atomic mass is 14.3. The van der Waals surface area contributed by atoms with Crippen LogP contribution in [-0.4, -0.2) is 0 Å². The maximum absolute atomic E-state index is 3.84. The molecule has 0 bridgehead atoms. The van der Waals surface area contributed by atoms with E-state index in [-0.39, 0.29) is 0 Å². The molecule has 3 aliphatic carbocycles. The number of hydrogen-bond acceptors (Lipinski definition) is 0. The van der Waals surface area contributed by atoms with E-state index in [1.54, 1.807) is 0 Å². The second kappa shape index (κ2) is 6.55. The molecule has 129 valence electrons. The highest BCUT2D eigenvalue weighted by Crippen LogP contribution is 2.43. The van der Waals surface area contributed by atoms with Crippen LogP contribution in [0.3, 0.4) is 0 Å². The van der Waals surface area contributed by atoms with Crippen molar-refractivity contribution < 1.29 is 0 Å². The highest BCUT2D eigenvalue weighted by Gasteiger charge is 2.26. The number of benzene rings is 3. The molecule has 0 unspecified atom stereocenters. The van der Waals surface area contributed by atoms with Gasteiger partial charge in [-0.2, -0.15) is 0 Å². The fraction of sp³-hybridized carbons (Fsp3) is 0.0741. The van der Waals surface area contributed by atoms with E-state index in [4.69, 9.17) is 0 Å². The van der Waals surface area contributed by atoms with Crippen molar-refractivity contribution in [1.29, 1.82) is 0 Å². The molecule has 1 radical (unpaired) electrons. The Morgan fingerprint density at radius 1 is 0.593 bits per heavy atom. The Labute approximate surface area is 161 Å². The van der Waals surface area contributed by atoms with Crippen LogP contribution < -0.4 is 0 Å². The maximum Gasteiger partial charge on any atom is 0.0448 e. The third kappa shape index (κ3) is 2.69. The lowest BCUT2D eigenvalue weighted by atomic mass is 9.99. The van der Waals surface area contributed by atoms with Gasteiger partial charge in [-0.1, -0.05) is 91.0 Å². The first-order chi connectivity index (χ1) is 13.3. The normalized spacial score (nSPS) is 15.6. The van der Waals surface area contributed by atoms with Crippen molar-refractivity contribution in [3.63, 3.8) is 0 Å². The number of rotatable bonds is 1. The molecule has 0 saturated carbocycles. The van der Waals surface area contributed by atoms with E-state index >= 15 is 0 Å². The Morgan fingerprint density at radius 2 is 1.11 bits per heavy atom. The van der Waals surface area contributed by atoms with Gasteiger partial charge >= 0.3 is 0 Å². The van der Waals surface area contributed by atoms with Crippen molar-refractivity contribution in [3.05, 3.63) is 131 Å². The van der Waals surface area contributed by atoms with Crippen LogP contribution in [0.4, 0.5) is 0 Å². The number of allylic oxidation sites excluding steroid dienone is 5. The van der Waals surface area contributed by atoms with Crippen molar-refractivity contribution in [2.75, 3.05) is 0 Å². The largest absolute Gasteiger partial charge is 0.102 e. The van der Waals surface area contributed by atoms with Crippen molar-refractivity contribution >= 4 is 5.57 Å². The summed E-state index contributed by atoms with van der Waals surface area (Å²) in [7, 11) is 0. The summed E-state index contributed by atoms with van der Waals surface area (Å²) in [5.74, 6) is 1.29. The molecule has 0 heteroatoms. The van der Waals surface area contributed by atoms with E-state index in [0.29, 0.717) is 0 Å². The summed E-state index contributed by atoms with van der Waals surface area (Å²) >= 11 is 0. The van der Waals surface area contributed by atoms with Crippen LogP contribution in [0.25, 0.3) is 16.7 Å². The highest BCUT2D eigenvalue weighted by molar-refractivity contribution is 5.90. The smallest absolute Gasteiger partial charge is 0.0448 e. The first kappa shape index (κ1) is 16.1. The van der Waals surface area contributed by atoms with Crippen LogP contribution in [0, 0.1) is 5.92 Å². The molecule has 0 fully saturated rings. The van der Waals surface area contributed by atoms with E-state index in [2.05, 4.69) is 91.5 Å². The zero-order chi connectivity index (χ0) is 18.2. The standard InChI is InChI=1S/C14H11.C13H10/c1-2-10-7-8-13-12-6-4-3-5-11(12)9-14(10)13;1-3-7-12-10(5-1)9-11-6-2-4-8-13(11)12/h2-8H,1,9H2;1-8H,9H2. The van der Waals surface area contributed by atoms with Gasteiger partial charge in [0.1, 0.15) is 0 Å². The number of fused-ring (bicyclic) bond motifs is 5. The summed E-state index contributed by atoms with van der Waals surface area (Å²) in [5.41, 5.74) is 11.4. The first-order valence-electron chi connectivity index (χ1n) is 9.50. The fourth-order valence-electron chi connectivity index (χ4n) is 4.38. The molecule has 0 saturated heterocycles. The van der Waals surface area contributed by atoms with Crippen molar-refractivity contribution in [2.24, 2.45) is 0 Å². The minimum absolute atomic E-state index is 1.07. The Hall–Kier alpha value is -3.12. The Kier molecular flexibility index (Phi) is 3.90.